The Balaban J connectivity index is 2.66. The zero-order valence-electron chi connectivity index (χ0n) is 11.5. The monoisotopic (exact) mass is 265 g/mol. The molecule has 0 unspecified atom stereocenters. The van der Waals surface area contributed by atoms with E-state index in [1.165, 1.54) is 4.90 Å². The van der Waals surface area contributed by atoms with Crippen LogP contribution in [0.2, 0.25) is 0 Å². The number of carbonyl (C=O) groups excluding carboxylic acids is 2. The summed E-state index contributed by atoms with van der Waals surface area (Å²) in [7, 11) is 3.40. The Morgan fingerprint density at radius 2 is 2.00 bits per heavy atom. The van der Waals surface area contributed by atoms with Gasteiger partial charge in [-0.2, -0.15) is 0 Å². The van der Waals surface area contributed by atoms with Gasteiger partial charge in [-0.3, -0.25) is 9.59 Å². The molecule has 0 spiro atoms. The maximum absolute atomic E-state index is 11.4. The highest BCUT2D eigenvalue weighted by molar-refractivity contribution is 5.76. The molecule has 0 aliphatic rings. The SMILES string of the molecule is CCOc1cc(C=O)ccc1OCCC(=O)N(C)C. The van der Waals surface area contributed by atoms with Crippen molar-refractivity contribution < 1.29 is 19.1 Å². The minimum absolute atomic E-state index is 0.00229. The summed E-state index contributed by atoms with van der Waals surface area (Å²) in [4.78, 5) is 23.6. The van der Waals surface area contributed by atoms with E-state index in [1.54, 1.807) is 32.3 Å². The second-order valence-corrected chi connectivity index (χ2v) is 4.14. The molecule has 1 aromatic rings. The van der Waals surface area contributed by atoms with Crippen molar-refractivity contribution in [2.45, 2.75) is 13.3 Å². The number of ether oxygens (including phenoxy) is 2. The molecule has 5 heteroatoms. The number of hydrogen-bond donors (Lipinski definition) is 0. The molecule has 0 saturated heterocycles. The molecule has 0 atom stereocenters. The number of amides is 1. The van der Waals surface area contributed by atoms with Crippen LogP contribution in [0.5, 0.6) is 11.5 Å². The summed E-state index contributed by atoms with van der Waals surface area (Å²) in [6, 6.07) is 4.95. The highest BCUT2D eigenvalue weighted by Crippen LogP contribution is 2.28. The van der Waals surface area contributed by atoms with Crippen molar-refractivity contribution >= 4 is 12.2 Å². The molecule has 0 aromatic heterocycles. The van der Waals surface area contributed by atoms with Crippen LogP contribution in [0.25, 0.3) is 0 Å². The molecular weight excluding hydrogens is 246 g/mol. The number of benzene rings is 1. The summed E-state index contributed by atoms with van der Waals surface area (Å²) in [5.74, 6) is 1.06. The van der Waals surface area contributed by atoms with Crippen molar-refractivity contribution in [3.05, 3.63) is 23.8 Å². The van der Waals surface area contributed by atoms with E-state index in [9.17, 15) is 9.59 Å². The van der Waals surface area contributed by atoms with Crippen LogP contribution < -0.4 is 9.47 Å². The summed E-state index contributed by atoms with van der Waals surface area (Å²) in [6.45, 7) is 2.61. The van der Waals surface area contributed by atoms with Crippen LogP contribution in [0.3, 0.4) is 0 Å². The third kappa shape index (κ3) is 4.62. The van der Waals surface area contributed by atoms with E-state index in [-0.39, 0.29) is 12.5 Å². The van der Waals surface area contributed by atoms with Crippen LogP contribution >= 0.6 is 0 Å². The fourth-order valence-corrected chi connectivity index (χ4v) is 1.46. The van der Waals surface area contributed by atoms with Crippen molar-refractivity contribution in [1.82, 2.24) is 4.90 Å². The second kappa shape index (κ2) is 7.41. The molecule has 1 aromatic carbocycles. The molecule has 104 valence electrons. The van der Waals surface area contributed by atoms with Gasteiger partial charge in [0.25, 0.3) is 0 Å². The van der Waals surface area contributed by atoms with Gasteiger partial charge in [0.15, 0.2) is 11.5 Å². The Hall–Kier alpha value is -2.04. The third-order valence-corrected chi connectivity index (χ3v) is 2.48. The average molecular weight is 265 g/mol. The third-order valence-electron chi connectivity index (χ3n) is 2.48. The molecule has 1 amide bonds. The number of carbonyl (C=O) groups is 2. The molecule has 0 N–H and O–H groups in total. The van der Waals surface area contributed by atoms with Crippen molar-refractivity contribution in [3.63, 3.8) is 0 Å². The van der Waals surface area contributed by atoms with E-state index in [2.05, 4.69) is 0 Å². The van der Waals surface area contributed by atoms with Crippen LogP contribution in [0.4, 0.5) is 0 Å². The van der Waals surface area contributed by atoms with Crippen molar-refractivity contribution in [2.24, 2.45) is 0 Å². The maximum Gasteiger partial charge on any atom is 0.225 e. The summed E-state index contributed by atoms with van der Waals surface area (Å²) >= 11 is 0. The van der Waals surface area contributed by atoms with Gasteiger partial charge in [0, 0.05) is 19.7 Å². The highest BCUT2D eigenvalue weighted by atomic mass is 16.5. The minimum Gasteiger partial charge on any atom is -0.490 e. The second-order valence-electron chi connectivity index (χ2n) is 4.14. The predicted molar refractivity (Wildman–Crippen MR) is 71.8 cm³/mol. The van der Waals surface area contributed by atoms with Crippen molar-refractivity contribution in [1.29, 1.82) is 0 Å². The van der Waals surface area contributed by atoms with Gasteiger partial charge in [-0.15, -0.1) is 0 Å². The zero-order chi connectivity index (χ0) is 14.3. The lowest BCUT2D eigenvalue weighted by Crippen LogP contribution is -2.23. The fourth-order valence-electron chi connectivity index (χ4n) is 1.46. The molecule has 0 aliphatic heterocycles. The van der Waals surface area contributed by atoms with Crippen LogP contribution in [-0.4, -0.2) is 44.4 Å². The molecule has 0 heterocycles. The number of aldehydes is 1. The molecule has 0 aliphatic carbocycles. The number of hydrogen-bond acceptors (Lipinski definition) is 4. The summed E-state index contributed by atoms with van der Waals surface area (Å²) in [5.41, 5.74) is 0.528. The van der Waals surface area contributed by atoms with E-state index < -0.39 is 0 Å². The number of rotatable bonds is 7. The normalized spacial score (nSPS) is 9.84. The van der Waals surface area contributed by atoms with Gasteiger partial charge in [0.1, 0.15) is 6.29 Å². The lowest BCUT2D eigenvalue weighted by Gasteiger charge is -2.13. The first-order valence-electron chi connectivity index (χ1n) is 6.13. The average Bonchev–Trinajstić information content (AvgIpc) is 2.40. The van der Waals surface area contributed by atoms with E-state index in [4.69, 9.17) is 9.47 Å². The lowest BCUT2D eigenvalue weighted by molar-refractivity contribution is -0.129. The molecular formula is C14H19NO4. The zero-order valence-corrected chi connectivity index (χ0v) is 11.5. The van der Waals surface area contributed by atoms with Gasteiger partial charge in [-0.05, 0) is 25.1 Å². The van der Waals surface area contributed by atoms with Crippen LogP contribution in [0, 0.1) is 0 Å². The maximum atomic E-state index is 11.4. The number of nitrogens with zero attached hydrogens (tertiary/aromatic N) is 1. The predicted octanol–water partition coefficient (Wildman–Crippen LogP) is 1.75. The quantitative estimate of drug-likeness (QED) is 0.705. The minimum atomic E-state index is 0.00229. The van der Waals surface area contributed by atoms with E-state index >= 15 is 0 Å². The van der Waals surface area contributed by atoms with Crippen molar-refractivity contribution in [3.8, 4) is 11.5 Å². The Labute approximate surface area is 113 Å². The largest absolute Gasteiger partial charge is 0.490 e. The van der Waals surface area contributed by atoms with Gasteiger partial charge in [-0.25, -0.2) is 0 Å². The van der Waals surface area contributed by atoms with Gasteiger partial charge in [-0.1, -0.05) is 0 Å². The van der Waals surface area contributed by atoms with E-state index in [0.717, 1.165) is 6.29 Å². The summed E-state index contributed by atoms with van der Waals surface area (Å²) < 4.78 is 10.9. The Kier molecular flexibility index (Phi) is 5.85. The molecule has 19 heavy (non-hydrogen) atoms. The molecule has 1 rings (SSSR count). The molecule has 0 saturated carbocycles. The van der Waals surface area contributed by atoms with Gasteiger partial charge in [0.2, 0.25) is 5.91 Å². The standard InChI is InChI=1S/C14H19NO4/c1-4-18-13-9-11(10-16)5-6-12(13)19-8-7-14(17)15(2)3/h5-6,9-10H,4,7-8H2,1-3H3. The van der Waals surface area contributed by atoms with Crippen LogP contribution in [0.1, 0.15) is 23.7 Å². The highest BCUT2D eigenvalue weighted by Gasteiger charge is 2.08. The Morgan fingerprint density at radius 3 is 2.58 bits per heavy atom. The molecule has 0 radical (unpaired) electrons. The van der Waals surface area contributed by atoms with Crippen molar-refractivity contribution in [2.75, 3.05) is 27.3 Å². The van der Waals surface area contributed by atoms with Crippen LogP contribution in [-0.2, 0) is 4.79 Å². The first-order chi connectivity index (χ1) is 9.08. The summed E-state index contributed by atoms with van der Waals surface area (Å²) in [6.07, 6.45) is 1.05. The lowest BCUT2D eigenvalue weighted by atomic mass is 10.2. The van der Waals surface area contributed by atoms with Gasteiger partial charge in [0.05, 0.1) is 19.6 Å². The van der Waals surface area contributed by atoms with Crippen LogP contribution in [0.15, 0.2) is 18.2 Å². The Morgan fingerprint density at radius 1 is 1.26 bits per heavy atom. The first kappa shape index (κ1) is 15.0. The smallest absolute Gasteiger partial charge is 0.225 e. The van der Waals surface area contributed by atoms with Gasteiger partial charge >= 0.3 is 0 Å². The molecule has 0 fully saturated rings. The topological polar surface area (TPSA) is 55.8 Å². The Bertz CT molecular complexity index is 443. The summed E-state index contributed by atoms with van der Waals surface area (Å²) in [5, 5.41) is 0. The molecule has 5 nitrogen and oxygen atoms in total. The van der Waals surface area contributed by atoms with E-state index in [1.807, 2.05) is 6.92 Å². The van der Waals surface area contributed by atoms with Gasteiger partial charge < -0.3 is 14.4 Å². The first-order valence-corrected chi connectivity index (χ1v) is 6.13. The van der Waals surface area contributed by atoms with E-state index in [0.29, 0.717) is 30.1 Å². The molecule has 0 bridgehead atoms. The fraction of sp³-hybridized carbons (Fsp3) is 0.429.